The lowest BCUT2D eigenvalue weighted by molar-refractivity contribution is 0.0879. The van der Waals surface area contributed by atoms with Crippen LogP contribution in [-0.4, -0.2) is 0 Å². The molecular weight excluding hydrogens is 352 g/mol. The molecule has 3 aliphatic carbocycles. The molecule has 4 aromatic carbocycles. The normalized spacial score (nSPS) is 26.3. The first-order valence-corrected chi connectivity index (χ1v) is 10.5. The molecule has 136 valence electrons. The van der Waals surface area contributed by atoms with Gasteiger partial charge >= 0.3 is 0 Å². The maximum Gasteiger partial charge on any atom is 0.102 e. The van der Waals surface area contributed by atoms with Crippen LogP contribution in [0.5, 0.6) is 0 Å². The summed E-state index contributed by atoms with van der Waals surface area (Å²) in [4.78, 5) is 0. The highest BCUT2D eigenvalue weighted by Gasteiger charge is 2.41. The van der Waals surface area contributed by atoms with E-state index in [1.807, 2.05) is 0 Å². The minimum Gasteiger partial charge on any atom is -0.357 e. The van der Waals surface area contributed by atoms with Gasteiger partial charge in [0.2, 0.25) is 0 Å². The molecule has 0 saturated heterocycles. The Hall–Kier alpha value is -3.16. The second-order valence-corrected chi connectivity index (χ2v) is 8.80. The minimum absolute atomic E-state index is 0.147. The zero-order valence-corrected chi connectivity index (χ0v) is 15.8. The summed E-state index contributed by atoms with van der Waals surface area (Å²) in [5, 5.41) is 2.68. The van der Waals surface area contributed by atoms with Crippen LogP contribution in [0, 0.1) is 0 Å². The van der Waals surface area contributed by atoms with Gasteiger partial charge in [-0.1, -0.05) is 60.7 Å². The van der Waals surface area contributed by atoms with Gasteiger partial charge in [-0.3, -0.25) is 0 Å². The smallest absolute Gasteiger partial charge is 0.102 e. The maximum absolute atomic E-state index is 6.08. The van der Waals surface area contributed by atoms with Gasteiger partial charge in [-0.15, -0.1) is 0 Å². The van der Waals surface area contributed by atoms with Crippen molar-refractivity contribution < 1.29 is 4.74 Å². The first-order chi connectivity index (χ1) is 14.4. The van der Waals surface area contributed by atoms with Gasteiger partial charge in [0.1, 0.15) is 12.2 Å². The summed E-state index contributed by atoms with van der Waals surface area (Å²) in [5.74, 6) is 0.681. The standard InChI is InChI=1S/C28H18O/c1-2-6-18-17(5-1)27-19-7-3-4-8-20(19)28(18)24-14-16-12-22-21(11-15(16)13-23(24)27)25-9-10-26(22)29-25/h1-14,25-28H. The molecule has 0 saturated carbocycles. The first-order valence-electron chi connectivity index (χ1n) is 10.5. The summed E-state index contributed by atoms with van der Waals surface area (Å²) < 4.78 is 6.08. The van der Waals surface area contributed by atoms with Crippen molar-refractivity contribution in [1.82, 2.24) is 0 Å². The van der Waals surface area contributed by atoms with E-state index < -0.39 is 0 Å². The highest BCUT2D eigenvalue weighted by atomic mass is 16.5. The Bertz CT molecular complexity index is 1260. The number of hydrogen-bond donors (Lipinski definition) is 0. The molecule has 9 rings (SSSR count). The van der Waals surface area contributed by atoms with Gasteiger partial charge in [0.25, 0.3) is 0 Å². The van der Waals surface area contributed by atoms with E-state index in [2.05, 4.69) is 84.9 Å². The van der Waals surface area contributed by atoms with Gasteiger partial charge in [-0.2, -0.15) is 0 Å². The van der Waals surface area contributed by atoms with Crippen LogP contribution in [0.1, 0.15) is 68.6 Å². The monoisotopic (exact) mass is 370 g/mol. The van der Waals surface area contributed by atoms with Crippen LogP contribution in [-0.2, 0) is 4.74 Å². The van der Waals surface area contributed by atoms with Gasteiger partial charge in [0.05, 0.1) is 0 Å². The Balaban J connectivity index is 1.45. The maximum atomic E-state index is 6.08. The van der Waals surface area contributed by atoms with Crippen LogP contribution >= 0.6 is 0 Å². The third-order valence-corrected chi connectivity index (χ3v) is 7.47. The summed E-state index contributed by atoms with van der Waals surface area (Å²) in [5.41, 5.74) is 11.6. The molecule has 2 atom stereocenters. The Morgan fingerprint density at radius 2 is 0.828 bits per heavy atom. The predicted octanol–water partition coefficient (Wildman–Crippen LogP) is 6.51. The SMILES string of the molecule is C1=CC2OC1c1cc3cc4c(cc3cc12)C1c2ccccc2C4c2ccccc21. The van der Waals surface area contributed by atoms with Crippen LogP contribution < -0.4 is 0 Å². The van der Waals surface area contributed by atoms with Gasteiger partial charge in [-0.05, 0) is 79.5 Å². The number of rotatable bonds is 0. The summed E-state index contributed by atoms with van der Waals surface area (Å²) >= 11 is 0. The van der Waals surface area contributed by atoms with Crippen molar-refractivity contribution in [2.75, 3.05) is 0 Å². The summed E-state index contributed by atoms with van der Waals surface area (Å²) in [7, 11) is 0. The van der Waals surface area contributed by atoms with Gasteiger partial charge in [0, 0.05) is 11.8 Å². The second kappa shape index (κ2) is 4.87. The molecule has 0 N–H and O–H groups in total. The molecule has 2 aliphatic heterocycles. The summed E-state index contributed by atoms with van der Waals surface area (Å²) in [6.45, 7) is 0. The molecule has 1 heteroatoms. The van der Waals surface area contributed by atoms with Crippen molar-refractivity contribution in [3.05, 3.63) is 129 Å². The van der Waals surface area contributed by atoms with Gasteiger partial charge in [0.15, 0.2) is 0 Å². The third kappa shape index (κ3) is 1.68. The number of fused-ring (bicyclic) bond motifs is 6. The summed E-state index contributed by atoms with van der Waals surface area (Å²) in [6.07, 6.45) is 4.69. The molecule has 0 amide bonds. The molecule has 2 heterocycles. The quantitative estimate of drug-likeness (QED) is 0.277. The van der Waals surface area contributed by atoms with E-state index >= 15 is 0 Å². The molecule has 0 radical (unpaired) electrons. The molecule has 4 bridgehead atoms. The first kappa shape index (κ1) is 14.8. The van der Waals surface area contributed by atoms with E-state index in [0.29, 0.717) is 11.8 Å². The average Bonchev–Trinajstić information content (AvgIpc) is 3.38. The number of benzene rings is 4. The lowest BCUT2D eigenvalue weighted by Gasteiger charge is -2.42. The van der Waals surface area contributed by atoms with Crippen molar-refractivity contribution in [3.63, 3.8) is 0 Å². The number of ether oxygens (including phenoxy) is 1. The van der Waals surface area contributed by atoms with Gasteiger partial charge in [-0.25, -0.2) is 0 Å². The Labute approximate surface area is 169 Å². The lowest BCUT2D eigenvalue weighted by Crippen LogP contribution is -2.27. The lowest BCUT2D eigenvalue weighted by atomic mass is 9.61. The van der Waals surface area contributed by atoms with Gasteiger partial charge < -0.3 is 4.74 Å². The fourth-order valence-corrected chi connectivity index (χ4v) is 6.30. The van der Waals surface area contributed by atoms with Crippen molar-refractivity contribution in [1.29, 1.82) is 0 Å². The molecule has 2 unspecified atom stereocenters. The summed E-state index contributed by atoms with van der Waals surface area (Å²) in [6, 6.07) is 27.8. The van der Waals surface area contributed by atoms with Crippen LogP contribution in [0.25, 0.3) is 10.8 Å². The van der Waals surface area contributed by atoms with Crippen molar-refractivity contribution in [2.24, 2.45) is 0 Å². The van der Waals surface area contributed by atoms with Crippen LogP contribution in [0.4, 0.5) is 0 Å². The molecule has 0 aromatic heterocycles. The highest BCUT2D eigenvalue weighted by molar-refractivity contribution is 5.89. The largest absolute Gasteiger partial charge is 0.357 e. The van der Waals surface area contributed by atoms with Crippen LogP contribution in [0.15, 0.2) is 84.9 Å². The van der Waals surface area contributed by atoms with E-state index in [1.165, 1.54) is 55.3 Å². The van der Waals surface area contributed by atoms with E-state index in [9.17, 15) is 0 Å². The topological polar surface area (TPSA) is 9.23 Å². The zero-order chi connectivity index (χ0) is 18.7. The van der Waals surface area contributed by atoms with Crippen LogP contribution in [0.3, 0.4) is 0 Å². The number of hydrogen-bond acceptors (Lipinski definition) is 1. The molecule has 0 fully saturated rings. The fraction of sp³-hybridized carbons (Fsp3) is 0.143. The Morgan fingerprint density at radius 1 is 0.448 bits per heavy atom. The fourth-order valence-electron chi connectivity index (χ4n) is 6.30. The molecule has 0 spiro atoms. The van der Waals surface area contributed by atoms with Crippen LogP contribution in [0.2, 0.25) is 0 Å². The third-order valence-electron chi connectivity index (χ3n) is 7.47. The van der Waals surface area contributed by atoms with E-state index in [0.717, 1.165) is 0 Å². The molecule has 1 nitrogen and oxygen atoms in total. The van der Waals surface area contributed by atoms with E-state index in [1.54, 1.807) is 0 Å². The molecular formula is C28H18O. The molecule has 29 heavy (non-hydrogen) atoms. The van der Waals surface area contributed by atoms with Crippen molar-refractivity contribution in [2.45, 2.75) is 24.0 Å². The Morgan fingerprint density at radius 3 is 1.24 bits per heavy atom. The van der Waals surface area contributed by atoms with Crippen molar-refractivity contribution in [3.8, 4) is 0 Å². The van der Waals surface area contributed by atoms with Crippen molar-refractivity contribution >= 4 is 10.8 Å². The van der Waals surface area contributed by atoms with E-state index in [-0.39, 0.29) is 12.2 Å². The molecule has 4 aromatic rings. The molecule has 5 aliphatic rings. The second-order valence-electron chi connectivity index (χ2n) is 8.80. The average molecular weight is 370 g/mol. The highest BCUT2D eigenvalue weighted by Crippen LogP contribution is 2.56. The predicted molar refractivity (Wildman–Crippen MR) is 114 cm³/mol. The minimum atomic E-state index is 0.147. The zero-order valence-electron chi connectivity index (χ0n) is 15.8. The van der Waals surface area contributed by atoms with E-state index in [4.69, 9.17) is 4.74 Å². The Kier molecular flexibility index (Phi) is 2.48.